The summed E-state index contributed by atoms with van der Waals surface area (Å²) in [5, 5.41) is 5.64. The molecule has 0 saturated heterocycles. The fraction of sp³-hybridized carbons (Fsp3) is 0. The Balaban J connectivity index is 1.24. The Bertz CT molecular complexity index is 2940. The maximum atomic E-state index is 2.72. The maximum absolute atomic E-state index is 2.85. The highest BCUT2D eigenvalue weighted by Crippen LogP contribution is 2.50. The molecule has 0 unspecified atom stereocenters. The van der Waals surface area contributed by atoms with E-state index in [1.807, 2.05) is 0 Å². The highest BCUT2D eigenvalue weighted by Gasteiger charge is 2.54. The molecule has 0 atom stereocenters. The van der Waals surface area contributed by atoms with E-state index in [4.69, 9.17) is 0 Å². The highest BCUT2D eigenvalue weighted by atomic mass is 28.3. The van der Waals surface area contributed by atoms with Crippen molar-refractivity contribution in [3.8, 4) is 11.1 Å². The van der Waals surface area contributed by atoms with E-state index in [1.54, 1.807) is 0 Å². The molecular weight excluding hydrogens is 730 g/mol. The molecule has 3 aliphatic heterocycles. The molecule has 0 N–H and O–H groups in total. The zero-order valence-electron chi connectivity index (χ0n) is 32.4. The van der Waals surface area contributed by atoms with Crippen molar-refractivity contribution >= 4 is 92.1 Å². The van der Waals surface area contributed by atoms with Gasteiger partial charge in [0.15, 0.2) is 8.07 Å². The summed E-state index contributed by atoms with van der Waals surface area (Å²) in [6.45, 7) is -0.0690. The molecular formula is C54H38BN3Si. The molecule has 0 amide bonds. The van der Waals surface area contributed by atoms with E-state index < -0.39 is 8.07 Å². The van der Waals surface area contributed by atoms with E-state index in [2.05, 4.69) is 245 Å². The van der Waals surface area contributed by atoms with E-state index >= 15 is 0 Å². The van der Waals surface area contributed by atoms with Crippen LogP contribution in [0.4, 0.5) is 45.5 Å². The summed E-state index contributed by atoms with van der Waals surface area (Å²) < 4.78 is 0. The summed E-state index contributed by atoms with van der Waals surface area (Å²) in [5.41, 5.74) is 14.6. The molecule has 0 bridgehead atoms. The van der Waals surface area contributed by atoms with Gasteiger partial charge in [0.05, 0.1) is 0 Å². The third-order valence-corrected chi connectivity index (χ3v) is 17.5. The van der Waals surface area contributed by atoms with Crippen molar-refractivity contribution in [1.82, 2.24) is 0 Å². The molecule has 276 valence electrons. The summed E-state index contributed by atoms with van der Waals surface area (Å²) in [6.07, 6.45) is 0. The zero-order chi connectivity index (χ0) is 38.9. The molecule has 3 nitrogen and oxygen atoms in total. The minimum absolute atomic E-state index is 0.0690. The van der Waals surface area contributed by atoms with Crippen molar-refractivity contribution in [2.75, 3.05) is 14.6 Å². The Kier molecular flexibility index (Phi) is 7.65. The second kappa shape index (κ2) is 13.4. The molecule has 0 fully saturated rings. The lowest BCUT2D eigenvalue weighted by molar-refractivity contribution is 1.24. The highest BCUT2D eigenvalue weighted by molar-refractivity contribution is 7.22. The molecule has 12 rings (SSSR count). The quantitative estimate of drug-likeness (QED) is 0.156. The first-order chi connectivity index (χ1) is 29.3. The van der Waals surface area contributed by atoms with Gasteiger partial charge in [-0.25, -0.2) is 0 Å². The second-order valence-corrected chi connectivity index (χ2v) is 19.4. The predicted octanol–water partition coefficient (Wildman–Crippen LogP) is 9.55. The van der Waals surface area contributed by atoms with Crippen molar-refractivity contribution in [1.29, 1.82) is 0 Å². The molecule has 0 aliphatic carbocycles. The van der Waals surface area contributed by atoms with Crippen molar-refractivity contribution in [3.05, 3.63) is 231 Å². The van der Waals surface area contributed by atoms with E-state index in [0.717, 1.165) is 22.7 Å². The minimum atomic E-state index is -2.85. The Morgan fingerprint density at radius 3 is 1.56 bits per heavy atom. The fourth-order valence-electron chi connectivity index (χ4n) is 10.4. The molecule has 9 aromatic carbocycles. The predicted molar refractivity (Wildman–Crippen MR) is 252 cm³/mol. The maximum Gasteiger partial charge on any atom is 0.333 e. The standard InChI is InChI=1S/C54H38BN3Si/c1-6-21-39(22-7-1)56(40-23-8-2-9-24-40)42-37-46-45-31-20-36-52-54(45)58(55-47-32-16-17-33-48(47)57(50(38-42)53(46)55)41-25-10-3-11-26-41)49-34-18-19-35-51(49)59(52,43-27-12-4-13-28-43)44-29-14-5-15-30-44/h1-38H. The van der Waals surface area contributed by atoms with Crippen LogP contribution in [0.2, 0.25) is 0 Å². The Labute approximate surface area is 346 Å². The first-order valence-corrected chi connectivity index (χ1v) is 22.5. The number of anilines is 8. The molecule has 3 heterocycles. The van der Waals surface area contributed by atoms with Crippen LogP contribution in [0.3, 0.4) is 0 Å². The first-order valence-electron chi connectivity index (χ1n) is 20.5. The van der Waals surface area contributed by atoms with Gasteiger partial charge in [-0.05, 0) is 97.9 Å². The molecule has 0 radical (unpaired) electrons. The van der Waals surface area contributed by atoms with Gasteiger partial charge >= 0.3 is 6.85 Å². The van der Waals surface area contributed by atoms with Crippen molar-refractivity contribution in [2.24, 2.45) is 0 Å². The van der Waals surface area contributed by atoms with Crippen LogP contribution >= 0.6 is 0 Å². The number of hydrogen-bond acceptors (Lipinski definition) is 3. The fourth-order valence-corrected chi connectivity index (χ4v) is 15.5. The Morgan fingerprint density at radius 1 is 0.390 bits per heavy atom. The largest absolute Gasteiger partial charge is 0.376 e. The van der Waals surface area contributed by atoms with Gasteiger partial charge in [-0.3, -0.25) is 0 Å². The molecule has 59 heavy (non-hydrogen) atoms. The number of rotatable bonds is 6. The summed E-state index contributed by atoms with van der Waals surface area (Å²) >= 11 is 0. The number of fused-ring (bicyclic) bond motifs is 6. The smallest absolute Gasteiger partial charge is 0.333 e. The summed E-state index contributed by atoms with van der Waals surface area (Å²) in [6, 6.07) is 85.7. The molecule has 0 saturated carbocycles. The Hall–Kier alpha value is -7.34. The second-order valence-electron chi connectivity index (χ2n) is 15.6. The van der Waals surface area contributed by atoms with Crippen LogP contribution in [0.25, 0.3) is 11.1 Å². The average molecular weight is 768 g/mol. The van der Waals surface area contributed by atoms with E-state index in [0.29, 0.717) is 0 Å². The molecule has 0 aromatic heterocycles. The van der Waals surface area contributed by atoms with Crippen molar-refractivity contribution in [3.63, 3.8) is 0 Å². The third-order valence-electron chi connectivity index (χ3n) is 12.6. The van der Waals surface area contributed by atoms with Gasteiger partial charge in [-0.1, -0.05) is 170 Å². The zero-order valence-corrected chi connectivity index (χ0v) is 33.4. The number of benzene rings is 9. The van der Waals surface area contributed by atoms with Crippen LogP contribution in [-0.2, 0) is 0 Å². The summed E-state index contributed by atoms with van der Waals surface area (Å²) in [4.78, 5) is 7.63. The lowest BCUT2D eigenvalue weighted by Crippen LogP contribution is -2.79. The van der Waals surface area contributed by atoms with Crippen LogP contribution in [0.5, 0.6) is 0 Å². The molecule has 5 heteroatoms. The SMILES string of the molecule is c1ccc(N(c2ccccc2)c2cc3c4c(c2)N(c2ccccc2)c2ccccc2B4N2c4ccccc4[Si](c4ccccc4)(c4ccccc4)c4cccc-3c42)cc1. The van der Waals surface area contributed by atoms with Crippen LogP contribution in [0.1, 0.15) is 0 Å². The first kappa shape index (κ1) is 33.8. The number of hydrogen-bond donors (Lipinski definition) is 0. The number of nitrogens with zero attached hydrogens (tertiary/aromatic N) is 3. The summed E-state index contributed by atoms with van der Waals surface area (Å²) in [5.74, 6) is 0. The average Bonchev–Trinajstić information content (AvgIpc) is 3.31. The van der Waals surface area contributed by atoms with Crippen LogP contribution in [0, 0.1) is 0 Å². The topological polar surface area (TPSA) is 9.72 Å². The van der Waals surface area contributed by atoms with E-state index in [1.165, 1.54) is 65.5 Å². The van der Waals surface area contributed by atoms with E-state index in [-0.39, 0.29) is 6.85 Å². The van der Waals surface area contributed by atoms with Crippen molar-refractivity contribution < 1.29 is 0 Å². The molecule has 0 spiro atoms. The van der Waals surface area contributed by atoms with Gasteiger partial charge in [0.1, 0.15) is 0 Å². The monoisotopic (exact) mass is 767 g/mol. The van der Waals surface area contributed by atoms with Crippen LogP contribution < -0.4 is 46.3 Å². The lowest BCUT2D eigenvalue weighted by atomic mass is 9.43. The van der Waals surface area contributed by atoms with Gasteiger partial charge in [0.2, 0.25) is 0 Å². The van der Waals surface area contributed by atoms with Gasteiger partial charge < -0.3 is 14.6 Å². The Morgan fingerprint density at radius 2 is 0.915 bits per heavy atom. The van der Waals surface area contributed by atoms with Gasteiger partial charge in [0, 0.05) is 51.1 Å². The van der Waals surface area contributed by atoms with Crippen molar-refractivity contribution in [2.45, 2.75) is 0 Å². The van der Waals surface area contributed by atoms with Gasteiger partial charge in [-0.2, -0.15) is 0 Å². The van der Waals surface area contributed by atoms with Crippen LogP contribution in [0.15, 0.2) is 231 Å². The normalized spacial score (nSPS) is 13.8. The van der Waals surface area contributed by atoms with E-state index in [9.17, 15) is 0 Å². The van der Waals surface area contributed by atoms with Gasteiger partial charge in [-0.15, -0.1) is 0 Å². The number of para-hydroxylation sites is 6. The molecule has 3 aliphatic rings. The minimum Gasteiger partial charge on any atom is -0.376 e. The summed E-state index contributed by atoms with van der Waals surface area (Å²) in [7, 11) is -2.85. The van der Waals surface area contributed by atoms with Crippen LogP contribution in [-0.4, -0.2) is 14.9 Å². The third kappa shape index (κ3) is 4.89. The lowest BCUT2D eigenvalue weighted by Gasteiger charge is -2.52. The molecule has 9 aromatic rings. The van der Waals surface area contributed by atoms with Gasteiger partial charge in [0.25, 0.3) is 0 Å².